The predicted molar refractivity (Wildman–Crippen MR) is 78.0 cm³/mol. The summed E-state index contributed by atoms with van der Waals surface area (Å²) in [6, 6.07) is 6.74. The van der Waals surface area contributed by atoms with Crippen molar-refractivity contribution in [2.24, 2.45) is 5.84 Å². The summed E-state index contributed by atoms with van der Waals surface area (Å²) in [4.78, 5) is 35.6. The molecule has 0 saturated carbocycles. The Morgan fingerprint density at radius 3 is 2.57 bits per heavy atom. The number of hydrogen-bond acceptors (Lipinski definition) is 4. The summed E-state index contributed by atoms with van der Waals surface area (Å²) in [6.07, 6.45) is 0. The summed E-state index contributed by atoms with van der Waals surface area (Å²) in [5, 5.41) is 2.50. The number of nitrogens with zero attached hydrogens (tertiary/aromatic N) is 1. The summed E-state index contributed by atoms with van der Waals surface area (Å²) >= 11 is 0. The fraction of sp³-hybridized carbons (Fsp3) is 0.214. The number of rotatable bonds is 3. The molecule has 4 N–H and O–H groups in total. The molecule has 0 unspecified atom stereocenters. The van der Waals surface area contributed by atoms with Crippen LogP contribution in [-0.2, 0) is 6.54 Å². The first-order valence-electron chi connectivity index (χ1n) is 6.35. The van der Waals surface area contributed by atoms with Crippen molar-refractivity contribution in [3.63, 3.8) is 0 Å². The average Bonchev–Trinajstić information content (AvgIpc) is 2.50. The van der Waals surface area contributed by atoms with E-state index in [4.69, 9.17) is 5.84 Å². The van der Waals surface area contributed by atoms with Crippen LogP contribution >= 0.6 is 0 Å². The van der Waals surface area contributed by atoms with Gasteiger partial charge in [0.15, 0.2) is 0 Å². The fourth-order valence-corrected chi connectivity index (χ4v) is 2.03. The van der Waals surface area contributed by atoms with E-state index in [-0.39, 0.29) is 17.7 Å². The number of hydrazine groups is 1. The molecule has 7 nitrogen and oxygen atoms in total. The molecule has 1 aromatic carbocycles. The zero-order chi connectivity index (χ0) is 15.6. The fourth-order valence-electron chi connectivity index (χ4n) is 2.03. The lowest BCUT2D eigenvalue weighted by atomic mass is 10.1. The molecule has 21 heavy (non-hydrogen) atoms. The molecule has 2 aromatic rings. The van der Waals surface area contributed by atoms with Crippen LogP contribution in [0.25, 0.3) is 0 Å². The second kappa shape index (κ2) is 5.76. The van der Waals surface area contributed by atoms with Crippen LogP contribution in [-0.4, -0.2) is 15.7 Å². The maximum atomic E-state index is 12.2. The number of carbonyl (C=O) groups excluding carboxylic acids is 1. The van der Waals surface area contributed by atoms with Gasteiger partial charge in [0.05, 0.1) is 6.54 Å². The van der Waals surface area contributed by atoms with E-state index in [1.54, 1.807) is 38.1 Å². The quantitative estimate of drug-likeness (QED) is 0.413. The summed E-state index contributed by atoms with van der Waals surface area (Å²) in [7, 11) is 0. The number of nitrogens with two attached hydrogens (primary N) is 1. The molecule has 1 amide bonds. The smallest absolute Gasteiger partial charge is 0.268 e. The molecule has 1 aromatic heterocycles. The van der Waals surface area contributed by atoms with Gasteiger partial charge < -0.3 is 0 Å². The van der Waals surface area contributed by atoms with Crippen LogP contribution < -0.4 is 22.4 Å². The molecule has 0 fully saturated rings. The molecule has 1 heterocycles. The van der Waals surface area contributed by atoms with Crippen LogP contribution in [0.1, 0.15) is 27.0 Å². The van der Waals surface area contributed by atoms with E-state index in [0.717, 1.165) is 0 Å². The topological polar surface area (TPSA) is 110 Å². The summed E-state index contributed by atoms with van der Waals surface area (Å²) < 4.78 is 1.19. The van der Waals surface area contributed by atoms with Crippen LogP contribution in [0.4, 0.5) is 0 Å². The average molecular weight is 288 g/mol. The molecule has 0 spiro atoms. The lowest BCUT2D eigenvalue weighted by molar-refractivity contribution is 0.0952. The molecule has 0 aliphatic carbocycles. The van der Waals surface area contributed by atoms with Crippen LogP contribution in [0.3, 0.4) is 0 Å². The SMILES string of the molecule is Cc1c(C)c(=O)n(Cc2ccccc2C(=O)NN)[nH]c1=O. The number of aromatic amines is 1. The number of hydrogen-bond donors (Lipinski definition) is 3. The second-order valence-corrected chi connectivity index (χ2v) is 4.71. The van der Waals surface area contributed by atoms with Crippen molar-refractivity contribution in [3.05, 3.63) is 67.2 Å². The maximum absolute atomic E-state index is 12.2. The third-order valence-corrected chi connectivity index (χ3v) is 3.43. The zero-order valence-electron chi connectivity index (χ0n) is 11.8. The third-order valence-electron chi connectivity index (χ3n) is 3.43. The molecule has 7 heteroatoms. The highest BCUT2D eigenvalue weighted by Crippen LogP contribution is 2.09. The number of nitrogens with one attached hydrogen (secondary N) is 2. The lowest BCUT2D eigenvalue weighted by Crippen LogP contribution is -2.35. The molecule has 2 rings (SSSR count). The molecule has 0 saturated heterocycles. The van der Waals surface area contributed by atoms with E-state index >= 15 is 0 Å². The van der Waals surface area contributed by atoms with Crippen molar-refractivity contribution in [1.82, 2.24) is 15.2 Å². The van der Waals surface area contributed by atoms with Crippen molar-refractivity contribution in [1.29, 1.82) is 0 Å². The van der Waals surface area contributed by atoms with Gasteiger partial charge in [0.2, 0.25) is 0 Å². The Morgan fingerprint density at radius 1 is 1.24 bits per heavy atom. The monoisotopic (exact) mass is 288 g/mol. The maximum Gasteiger partial charge on any atom is 0.268 e. The zero-order valence-corrected chi connectivity index (χ0v) is 11.8. The number of aromatic nitrogens is 2. The molecule has 0 bridgehead atoms. The Kier molecular flexibility index (Phi) is 4.04. The van der Waals surface area contributed by atoms with Crippen molar-refractivity contribution in [2.45, 2.75) is 20.4 Å². The highest BCUT2D eigenvalue weighted by molar-refractivity contribution is 5.95. The van der Waals surface area contributed by atoms with Crippen molar-refractivity contribution in [3.8, 4) is 0 Å². The van der Waals surface area contributed by atoms with Crippen LogP contribution in [0.5, 0.6) is 0 Å². The summed E-state index contributed by atoms with van der Waals surface area (Å²) in [5.41, 5.74) is 3.15. The first-order valence-corrected chi connectivity index (χ1v) is 6.35. The Bertz CT molecular complexity index is 805. The summed E-state index contributed by atoms with van der Waals surface area (Å²) in [5.74, 6) is 4.68. The van der Waals surface area contributed by atoms with Gasteiger partial charge in [0.25, 0.3) is 17.0 Å². The minimum Gasteiger partial charge on any atom is -0.290 e. The van der Waals surface area contributed by atoms with Gasteiger partial charge in [-0.05, 0) is 25.5 Å². The van der Waals surface area contributed by atoms with Gasteiger partial charge in [-0.3, -0.25) is 24.9 Å². The summed E-state index contributed by atoms with van der Waals surface area (Å²) in [6.45, 7) is 3.27. The Balaban J connectivity index is 2.52. The molecular formula is C14H16N4O3. The van der Waals surface area contributed by atoms with Crippen molar-refractivity contribution < 1.29 is 4.79 Å². The van der Waals surface area contributed by atoms with E-state index in [2.05, 4.69) is 10.5 Å². The van der Waals surface area contributed by atoms with Gasteiger partial charge in [-0.25, -0.2) is 10.5 Å². The first-order chi connectivity index (χ1) is 9.95. The van der Waals surface area contributed by atoms with Gasteiger partial charge in [0, 0.05) is 16.7 Å². The van der Waals surface area contributed by atoms with E-state index in [1.807, 2.05) is 0 Å². The van der Waals surface area contributed by atoms with Gasteiger partial charge in [-0.15, -0.1) is 0 Å². The molecule has 0 aliphatic rings. The van der Waals surface area contributed by atoms with E-state index in [1.165, 1.54) is 4.68 Å². The van der Waals surface area contributed by atoms with Crippen molar-refractivity contribution >= 4 is 5.91 Å². The van der Waals surface area contributed by atoms with Crippen LogP contribution in [0.2, 0.25) is 0 Å². The molecule has 0 aliphatic heterocycles. The standard InChI is InChI=1S/C14H16N4O3/c1-8-9(2)14(21)18(17-12(8)19)7-10-5-3-4-6-11(10)13(20)16-15/h3-6H,7,15H2,1-2H3,(H,16,20)(H,17,19). The number of nitrogen functional groups attached to an aromatic ring is 1. The number of carbonyl (C=O) groups is 1. The number of H-pyrrole nitrogens is 1. The Morgan fingerprint density at radius 2 is 1.90 bits per heavy atom. The van der Waals surface area contributed by atoms with E-state index in [0.29, 0.717) is 22.3 Å². The van der Waals surface area contributed by atoms with E-state index < -0.39 is 5.91 Å². The first kappa shape index (κ1) is 14.7. The van der Waals surface area contributed by atoms with Gasteiger partial charge in [0.1, 0.15) is 0 Å². The molecular weight excluding hydrogens is 272 g/mol. The van der Waals surface area contributed by atoms with Crippen LogP contribution in [0, 0.1) is 13.8 Å². The highest BCUT2D eigenvalue weighted by Gasteiger charge is 2.12. The Hall–Kier alpha value is -2.67. The highest BCUT2D eigenvalue weighted by atomic mass is 16.2. The molecule has 110 valence electrons. The van der Waals surface area contributed by atoms with Gasteiger partial charge in [-0.2, -0.15) is 0 Å². The number of amides is 1. The van der Waals surface area contributed by atoms with Gasteiger partial charge >= 0.3 is 0 Å². The lowest BCUT2D eigenvalue weighted by Gasteiger charge is -2.11. The largest absolute Gasteiger partial charge is 0.290 e. The second-order valence-electron chi connectivity index (χ2n) is 4.71. The minimum absolute atomic E-state index is 0.0821. The van der Waals surface area contributed by atoms with Crippen LogP contribution in [0.15, 0.2) is 33.9 Å². The number of benzene rings is 1. The molecule has 0 atom stereocenters. The van der Waals surface area contributed by atoms with Gasteiger partial charge in [-0.1, -0.05) is 18.2 Å². The van der Waals surface area contributed by atoms with Crippen molar-refractivity contribution in [2.75, 3.05) is 0 Å². The van der Waals surface area contributed by atoms with E-state index in [9.17, 15) is 14.4 Å². The third kappa shape index (κ3) is 2.77. The minimum atomic E-state index is -0.454. The molecule has 0 radical (unpaired) electrons. The predicted octanol–water partition coefficient (Wildman–Crippen LogP) is -0.195. The normalized spacial score (nSPS) is 10.4. The Labute approximate surface area is 120 Å².